The second kappa shape index (κ2) is 4.68. The lowest BCUT2D eigenvalue weighted by molar-refractivity contribution is 0.618. The van der Waals surface area contributed by atoms with Crippen molar-refractivity contribution in [3.63, 3.8) is 0 Å². The van der Waals surface area contributed by atoms with Crippen LogP contribution < -0.4 is 11.1 Å². The van der Waals surface area contributed by atoms with Crippen LogP contribution in [-0.2, 0) is 6.54 Å². The summed E-state index contributed by atoms with van der Waals surface area (Å²) in [6.45, 7) is 6.31. The van der Waals surface area contributed by atoms with Gasteiger partial charge in [-0.3, -0.25) is 0 Å². The van der Waals surface area contributed by atoms with Gasteiger partial charge in [-0.2, -0.15) is 5.10 Å². The number of benzene rings is 1. The lowest BCUT2D eigenvalue weighted by atomic mass is 10.2. The number of aromatic nitrogens is 2. The molecule has 0 saturated heterocycles. The van der Waals surface area contributed by atoms with Crippen molar-refractivity contribution in [2.45, 2.75) is 27.3 Å². The third-order valence-electron chi connectivity index (χ3n) is 2.89. The number of hydrogen-bond donors (Lipinski definition) is 2. The van der Waals surface area contributed by atoms with Crippen molar-refractivity contribution in [1.82, 2.24) is 9.78 Å². The number of nitrogens with zero attached hydrogens (tertiary/aromatic N) is 2. The summed E-state index contributed by atoms with van der Waals surface area (Å²) >= 11 is 0. The van der Waals surface area contributed by atoms with E-state index in [4.69, 9.17) is 5.73 Å². The maximum atomic E-state index is 13.2. The number of nitrogens with one attached hydrogen (secondary N) is 1. The molecule has 1 aromatic carbocycles. The van der Waals surface area contributed by atoms with Crippen LogP contribution in [0.25, 0.3) is 0 Å². The Morgan fingerprint density at radius 3 is 2.72 bits per heavy atom. The summed E-state index contributed by atoms with van der Waals surface area (Å²) in [5.41, 5.74) is 8.79. The van der Waals surface area contributed by atoms with E-state index in [1.807, 2.05) is 13.8 Å². The highest BCUT2D eigenvalue weighted by Gasteiger charge is 2.11. The van der Waals surface area contributed by atoms with E-state index >= 15 is 0 Å². The van der Waals surface area contributed by atoms with Gasteiger partial charge in [-0.05, 0) is 44.5 Å². The lowest BCUT2D eigenvalue weighted by Crippen LogP contribution is -2.04. The van der Waals surface area contributed by atoms with E-state index in [1.54, 1.807) is 23.7 Å². The second-order valence-corrected chi connectivity index (χ2v) is 4.25. The van der Waals surface area contributed by atoms with Gasteiger partial charge in [0.15, 0.2) is 5.82 Å². The molecule has 0 spiro atoms. The van der Waals surface area contributed by atoms with Crippen LogP contribution >= 0.6 is 0 Å². The van der Waals surface area contributed by atoms with E-state index in [9.17, 15) is 4.39 Å². The molecule has 0 radical (unpaired) electrons. The molecule has 1 aromatic heterocycles. The standard InChI is InChI=1S/C13H17FN4/c1-4-18-13(12(15)9(3)17-18)16-10-5-6-11(14)8(2)7-10/h5-7,16H,4,15H2,1-3H3. The Morgan fingerprint density at radius 2 is 2.11 bits per heavy atom. The number of rotatable bonds is 3. The zero-order valence-electron chi connectivity index (χ0n) is 10.8. The topological polar surface area (TPSA) is 55.9 Å². The molecular formula is C13H17FN4. The number of aryl methyl sites for hydroxylation is 3. The molecule has 0 bridgehead atoms. The highest BCUT2D eigenvalue weighted by molar-refractivity contribution is 5.71. The number of halogens is 1. The third-order valence-corrected chi connectivity index (χ3v) is 2.89. The van der Waals surface area contributed by atoms with Gasteiger partial charge >= 0.3 is 0 Å². The van der Waals surface area contributed by atoms with Crippen LogP contribution in [0.5, 0.6) is 0 Å². The van der Waals surface area contributed by atoms with Crippen molar-refractivity contribution < 1.29 is 4.39 Å². The molecule has 0 aliphatic rings. The molecule has 2 rings (SSSR count). The van der Waals surface area contributed by atoms with Crippen LogP contribution in [0.1, 0.15) is 18.2 Å². The Balaban J connectivity index is 2.36. The first-order chi connectivity index (χ1) is 8.52. The Hall–Kier alpha value is -2.04. The number of anilines is 3. The van der Waals surface area contributed by atoms with Gasteiger partial charge in [-0.15, -0.1) is 0 Å². The molecule has 0 aliphatic carbocycles. The van der Waals surface area contributed by atoms with Crippen molar-refractivity contribution in [3.8, 4) is 0 Å². The van der Waals surface area contributed by atoms with E-state index < -0.39 is 0 Å². The SMILES string of the molecule is CCn1nc(C)c(N)c1Nc1ccc(F)c(C)c1. The van der Waals surface area contributed by atoms with Crippen LogP contribution in [-0.4, -0.2) is 9.78 Å². The molecule has 18 heavy (non-hydrogen) atoms. The largest absolute Gasteiger partial charge is 0.394 e. The van der Waals surface area contributed by atoms with Gasteiger partial charge in [0.25, 0.3) is 0 Å². The normalized spacial score (nSPS) is 10.7. The Bertz CT molecular complexity index is 575. The fourth-order valence-electron chi connectivity index (χ4n) is 1.82. The maximum absolute atomic E-state index is 13.2. The van der Waals surface area contributed by atoms with Crippen molar-refractivity contribution in [2.75, 3.05) is 11.1 Å². The summed E-state index contributed by atoms with van der Waals surface area (Å²) in [5, 5.41) is 7.51. The summed E-state index contributed by atoms with van der Waals surface area (Å²) < 4.78 is 15.0. The quantitative estimate of drug-likeness (QED) is 0.878. The highest BCUT2D eigenvalue weighted by Crippen LogP contribution is 2.26. The Morgan fingerprint density at radius 1 is 1.39 bits per heavy atom. The average molecular weight is 248 g/mol. The maximum Gasteiger partial charge on any atom is 0.152 e. The Kier molecular flexibility index (Phi) is 3.23. The van der Waals surface area contributed by atoms with Gasteiger partial charge in [0.1, 0.15) is 5.82 Å². The van der Waals surface area contributed by atoms with Crippen LogP contribution in [0.15, 0.2) is 18.2 Å². The van der Waals surface area contributed by atoms with Gasteiger partial charge < -0.3 is 11.1 Å². The molecule has 0 unspecified atom stereocenters. The molecule has 5 heteroatoms. The monoisotopic (exact) mass is 248 g/mol. The van der Waals surface area contributed by atoms with E-state index in [1.165, 1.54) is 6.07 Å². The van der Waals surface area contributed by atoms with Crippen LogP contribution in [0.3, 0.4) is 0 Å². The van der Waals surface area contributed by atoms with Crippen molar-refractivity contribution in [2.24, 2.45) is 0 Å². The molecule has 0 amide bonds. The molecule has 0 fully saturated rings. The number of hydrogen-bond acceptors (Lipinski definition) is 3. The molecule has 3 N–H and O–H groups in total. The zero-order valence-corrected chi connectivity index (χ0v) is 10.8. The summed E-state index contributed by atoms with van der Waals surface area (Å²) in [4.78, 5) is 0. The first-order valence-corrected chi connectivity index (χ1v) is 5.89. The summed E-state index contributed by atoms with van der Waals surface area (Å²) in [5.74, 6) is 0.537. The molecule has 0 saturated carbocycles. The molecule has 0 atom stereocenters. The summed E-state index contributed by atoms with van der Waals surface area (Å²) in [7, 11) is 0. The summed E-state index contributed by atoms with van der Waals surface area (Å²) in [6.07, 6.45) is 0. The Labute approximate surface area is 106 Å². The van der Waals surface area contributed by atoms with Crippen LogP contribution in [0.4, 0.5) is 21.6 Å². The van der Waals surface area contributed by atoms with Gasteiger partial charge in [0.2, 0.25) is 0 Å². The average Bonchev–Trinajstić information content (AvgIpc) is 2.61. The van der Waals surface area contributed by atoms with Gasteiger partial charge in [0.05, 0.1) is 11.4 Å². The minimum atomic E-state index is -0.214. The molecule has 2 aromatic rings. The predicted octanol–water partition coefficient (Wildman–Crippen LogP) is 2.98. The molecular weight excluding hydrogens is 231 g/mol. The van der Waals surface area contributed by atoms with Gasteiger partial charge in [0, 0.05) is 12.2 Å². The minimum Gasteiger partial charge on any atom is -0.394 e. The van der Waals surface area contributed by atoms with Crippen molar-refractivity contribution in [1.29, 1.82) is 0 Å². The second-order valence-electron chi connectivity index (χ2n) is 4.25. The zero-order chi connectivity index (χ0) is 13.3. The first kappa shape index (κ1) is 12.4. The summed E-state index contributed by atoms with van der Waals surface area (Å²) in [6, 6.07) is 4.87. The van der Waals surface area contributed by atoms with E-state index in [-0.39, 0.29) is 5.82 Å². The fourth-order valence-corrected chi connectivity index (χ4v) is 1.82. The smallest absolute Gasteiger partial charge is 0.152 e. The lowest BCUT2D eigenvalue weighted by Gasteiger charge is -2.10. The van der Waals surface area contributed by atoms with Crippen LogP contribution in [0.2, 0.25) is 0 Å². The van der Waals surface area contributed by atoms with Crippen molar-refractivity contribution >= 4 is 17.2 Å². The minimum absolute atomic E-state index is 0.214. The molecule has 4 nitrogen and oxygen atoms in total. The third kappa shape index (κ3) is 2.16. The number of nitrogens with two attached hydrogens (primary N) is 1. The van der Waals surface area contributed by atoms with Crippen molar-refractivity contribution in [3.05, 3.63) is 35.3 Å². The molecule has 1 heterocycles. The predicted molar refractivity (Wildman–Crippen MR) is 71.5 cm³/mol. The molecule has 96 valence electrons. The van der Waals surface area contributed by atoms with E-state index in [0.29, 0.717) is 11.3 Å². The van der Waals surface area contributed by atoms with Crippen LogP contribution in [0, 0.1) is 19.7 Å². The van der Waals surface area contributed by atoms with Gasteiger partial charge in [-0.1, -0.05) is 0 Å². The number of nitrogen functional groups attached to an aromatic ring is 1. The molecule has 0 aliphatic heterocycles. The first-order valence-electron chi connectivity index (χ1n) is 5.89. The van der Waals surface area contributed by atoms with Gasteiger partial charge in [-0.25, -0.2) is 9.07 Å². The highest BCUT2D eigenvalue weighted by atomic mass is 19.1. The fraction of sp³-hybridized carbons (Fsp3) is 0.308. The van der Waals surface area contributed by atoms with E-state index in [2.05, 4.69) is 10.4 Å². The van der Waals surface area contributed by atoms with E-state index in [0.717, 1.165) is 23.7 Å².